The summed E-state index contributed by atoms with van der Waals surface area (Å²) in [5.74, 6) is 0. The van der Waals surface area contributed by atoms with Gasteiger partial charge in [0.05, 0.1) is 0 Å². The number of thiophene rings is 1. The van der Waals surface area contributed by atoms with E-state index in [4.69, 9.17) is 0 Å². The number of hydrogen-bond acceptors (Lipinski definition) is 2. The first-order valence-corrected chi connectivity index (χ1v) is 9.14. The molecule has 0 radical (unpaired) electrons. The maximum atomic E-state index is 3.60. The van der Waals surface area contributed by atoms with E-state index in [1.807, 2.05) is 11.3 Å². The Morgan fingerprint density at radius 1 is 1.33 bits per heavy atom. The van der Waals surface area contributed by atoms with Gasteiger partial charge in [-0.2, -0.15) is 0 Å². The van der Waals surface area contributed by atoms with Gasteiger partial charge >= 0.3 is 0 Å². The molecule has 3 heteroatoms. The summed E-state index contributed by atoms with van der Waals surface area (Å²) in [7, 11) is 0. The third kappa shape index (κ3) is 4.29. The van der Waals surface area contributed by atoms with Gasteiger partial charge in [0.15, 0.2) is 0 Å². The normalized spacial score (nSPS) is 15.4. The standard InChI is InChI=1S/C18H20BrNS/c1-2-13(12-20-16-6-7-16)10-17-8-9-18(21-17)14-4-3-5-15(19)11-14/h3-5,8-11,16,20H,2,6-7,12H2,1H3. The van der Waals surface area contributed by atoms with Crippen molar-refractivity contribution in [3.63, 3.8) is 0 Å². The van der Waals surface area contributed by atoms with E-state index in [9.17, 15) is 0 Å². The molecule has 0 amide bonds. The van der Waals surface area contributed by atoms with Gasteiger partial charge in [0.2, 0.25) is 0 Å². The van der Waals surface area contributed by atoms with Gasteiger partial charge in [-0.1, -0.05) is 40.6 Å². The van der Waals surface area contributed by atoms with Crippen molar-refractivity contribution in [1.29, 1.82) is 0 Å². The lowest BCUT2D eigenvalue weighted by Gasteiger charge is -2.05. The molecule has 1 heterocycles. The maximum absolute atomic E-state index is 3.60. The van der Waals surface area contributed by atoms with Crippen LogP contribution in [0.15, 0.2) is 46.4 Å². The van der Waals surface area contributed by atoms with E-state index in [0.717, 1.165) is 23.5 Å². The fourth-order valence-electron chi connectivity index (χ4n) is 2.27. The highest BCUT2D eigenvalue weighted by Gasteiger charge is 2.20. The number of hydrogen-bond donors (Lipinski definition) is 1. The maximum Gasteiger partial charge on any atom is 0.0349 e. The van der Waals surface area contributed by atoms with Crippen molar-refractivity contribution in [1.82, 2.24) is 5.32 Å². The minimum Gasteiger partial charge on any atom is -0.310 e. The molecule has 110 valence electrons. The van der Waals surface area contributed by atoms with Gasteiger partial charge in [-0.25, -0.2) is 0 Å². The van der Waals surface area contributed by atoms with Crippen LogP contribution < -0.4 is 5.32 Å². The minimum atomic E-state index is 0.778. The SMILES string of the molecule is CCC(=Cc1ccc(-c2cccc(Br)c2)s1)CNC1CC1. The lowest BCUT2D eigenvalue weighted by atomic mass is 10.1. The van der Waals surface area contributed by atoms with Crippen LogP contribution in [0.2, 0.25) is 0 Å². The number of rotatable bonds is 6. The van der Waals surface area contributed by atoms with Crippen LogP contribution in [0, 0.1) is 0 Å². The highest BCUT2D eigenvalue weighted by Crippen LogP contribution is 2.31. The van der Waals surface area contributed by atoms with Crippen molar-refractivity contribution in [3.05, 3.63) is 51.3 Å². The topological polar surface area (TPSA) is 12.0 Å². The van der Waals surface area contributed by atoms with Crippen LogP contribution in [0.5, 0.6) is 0 Å². The zero-order valence-corrected chi connectivity index (χ0v) is 14.6. The van der Waals surface area contributed by atoms with Gasteiger partial charge in [0, 0.05) is 26.8 Å². The molecule has 1 aromatic carbocycles. The molecule has 1 saturated carbocycles. The fraction of sp³-hybridized carbons (Fsp3) is 0.333. The summed E-state index contributed by atoms with van der Waals surface area (Å²) in [6.07, 6.45) is 6.16. The minimum absolute atomic E-state index is 0.778. The van der Waals surface area contributed by atoms with Crippen LogP contribution in [0.25, 0.3) is 16.5 Å². The summed E-state index contributed by atoms with van der Waals surface area (Å²) in [5, 5.41) is 3.60. The summed E-state index contributed by atoms with van der Waals surface area (Å²) in [6, 6.07) is 13.7. The summed E-state index contributed by atoms with van der Waals surface area (Å²) in [6.45, 7) is 3.27. The second-order valence-electron chi connectivity index (χ2n) is 5.52. The van der Waals surface area contributed by atoms with Crippen LogP contribution in [-0.4, -0.2) is 12.6 Å². The smallest absolute Gasteiger partial charge is 0.0349 e. The molecule has 1 N–H and O–H groups in total. The Morgan fingerprint density at radius 3 is 2.90 bits per heavy atom. The third-order valence-electron chi connectivity index (χ3n) is 3.73. The Bertz CT molecular complexity index is 640. The number of benzene rings is 1. The van der Waals surface area contributed by atoms with Crippen LogP contribution in [-0.2, 0) is 0 Å². The van der Waals surface area contributed by atoms with E-state index < -0.39 is 0 Å². The van der Waals surface area contributed by atoms with Crippen LogP contribution in [0.1, 0.15) is 31.1 Å². The molecule has 21 heavy (non-hydrogen) atoms. The Morgan fingerprint density at radius 2 is 2.19 bits per heavy atom. The molecular weight excluding hydrogens is 342 g/mol. The van der Waals surface area contributed by atoms with E-state index in [0.29, 0.717) is 0 Å². The van der Waals surface area contributed by atoms with Crippen LogP contribution in [0.4, 0.5) is 0 Å². The molecule has 1 fully saturated rings. The molecule has 0 atom stereocenters. The first kappa shape index (κ1) is 15.0. The average molecular weight is 362 g/mol. The molecule has 0 unspecified atom stereocenters. The quantitative estimate of drug-likeness (QED) is 0.693. The molecule has 3 rings (SSSR count). The van der Waals surface area contributed by atoms with Gasteiger partial charge in [0.25, 0.3) is 0 Å². The summed E-state index contributed by atoms with van der Waals surface area (Å²) in [5.41, 5.74) is 2.77. The number of nitrogens with one attached hydrogen (secondary N) is 1. The Balaban J connectivity index is 1.73. The summed E-state index contributed by atoms with van der Waals surface area (Å²) >= 11 is 5.41. The van der Waals surface area contributed by atoms with Gasteiger partial charge in [-0.15, -0.1) is 11.3 Å². The van der Waals surface area contributed by atoms with Gasteiger partial charge < -0.3 is 5.32 Å². The molecule has 0 bridgehead atoms. The largest absolute Gasteiger partial charge is 0.310 e. The first-order valence-electron chi connectivity index (χ1n) is 7.53. The van der Waals surface area contributed by atoms with E-state index >= 15 is 0 Å². The van der Waals surface area contributed by atoms with Crippen LogP contribution in [0.3, 0.4) is 0 Å². The predicted octanol–water partition coefficient (Wildman–Crippen LogP) is 5.72. The Labute approximate surface area is 139 Å². The lowest BCUT2D eigenvalue weighted by molar-refractivity contribution is 0.723. The van der Waals surface area contributed by atoms with Gasteiger partial charge in [-0.05, 0) is 55.2 Å². The number of halogens is 1. The molecule has 1 aliphatic rings. The van der Waals surface area contributed by atoms with Crippen molar-refractivity contribution in [3.8, 4) is 10.4 Å². The van der Waals surface area contributed by atoms with Crippen molar-refractivity contribution in [2.45, 2.75) is 32.2 Å². The van der Waals surface area contributed by atoms with E-state index in [1.165, 1.54) is 33.7 Å². The predicted molar refractivity (Wildman–Crippen MR) is 96.7 cm³/mol. The molecule has 0 spiro atoms. The highest BCUT2D eigenvalue weighted by molar-refractivity contribution is 9.10. The second-order valence-corrected chi connectivity index (χ2v) is 7.55. The van der Waals surface area contributed by atoms with E-state index in [2.05, 4.69) is 70.6 Å². The van der Waals surface area contributed by atoms with E-state index in [-0.39, 0.29) is 0 Å². The first-order chi connectivity index (χ1) is 10.2. The summed E-state index contributed by atoms with van der Waals surface area (Å²) in [4.78, 5) is 2.67. The monoisotopic (exact) mass is 361 g/mol. The highest BCUT2D eigenvalue weighted by atomic mass is 79.9. The van der Waals surface area contributed by atoms with Crippen molar-refractivity contribution in [2.24, 2.45) is 0 Å². The van der Waals surface area contributed by atoms with Crippen molar-refractivity contribution >= 4 is 33.3 Å². The molecular formula is C18H20BrNS. The van der Waals surface area contributed by atoms with Gasteiger partial charge in [0.1, 0.15) is 0 Å². The third-order valence-corrected chi connectivity index (χ3v) is 5.31. The van der Waals surface area contributed by atoms with Crippen LogP contribution >= 0.6 is 27.3 Å². The van der Waals surface area contributed by atoms with E-state index in [1.54, 1.807) is 0 Å². The zero-order chi connectivity index (χ0) is 14.7. The Kier molecular flexibility index (Phi) is 4.94. The molecule has 1 aromatic heterocycles. The molecule has 2 aromatic rings. The molecule has 1 nitrogen and oxygen atoms in total. The van der Waals surface area contributed by atoms with Crippen molar-refractivity contribution in [2.75, 3.05) is 6.54 Å². The van der Waals surface area contributed by atoms with Gasteiger partial charge in [-0.3, -0.25) is 0 Å². The Hall–Kier alpha value is -0.900. The zero-order valence-electron chi connectivity index (χ0n) is 12.2. The molecule has 1 aliphatic carbocycles. The lowest BCUT2D eigenvalue weighted by Crippen LogP contribution is -2.18. The summed E-state index contributed by atoms with van der Waals surface area (Å²) < 4.78 is 1.13. The average Bonchev–Trinajstić information content (AvgIpc) is 3.20. The molecule has 0 aliphatic heterocycles. The molecule has 0 saturated heterocycles. The second kappa shape index (κ2) is 6.91. The van der Waals surface area contributed by atoms with Crippen molar-refractivity contribution < 1.29 is 0 Å². The fourth-order valence-corrected chi connectivity index (χ4v) is 3.67.